The van der Waals surface area contributed by atoms with E-state index in [1.54, 1.807) is 16.8 Å². The molecular weight excluding hydrogens is 324 g/mol. The average Bonchev–Trinajstić information content (AvgIpc) is 3.25. The molecule has 2 N–H and O–H groups in total. The second-order valence-electron chi connectivity index (χ2n) is 5.53. The second kappa shape index (κ2) is 6.09. The van der Waals surface area contributed by atoms with Crippen molar-refractivity contribution < 1.29 is 9.53 Å². The van der Waals surface area contributed by atoms with Crippen LogP contribution in [0.2, 0.25) is 0 Å². The fourth-order valence-electron chi connectivity index (χ4n) is 3.00. The number of aromatic nitrogens is 3. The van der Waals surface area contributed by atoms with E-state index >= 15 is 0 Å². The normalized spacial score (nSPS) is 16.5. The highest BCUT2D eigenvalue weighted by atomic mass is 32.1. The molecule has 24 heavy (non-hydrogen) atoms. The lowest BCUT2D eigenvalue weighted by Gasteiger charge is -2.21. The Morgan fingerprint density at radius 3 is 2.88 bits per heavy atom. The van der Waals surface area contributed by atoms with Crippen LogP contribution in [0.4, 0.5) is 5.82 Å². The largest absolute Gasteiger partial charge is 0.494 e. The summed E-state index contributed by atoms with van der Waals surface area (Å²) in [4.78, 5) is 17.2. The number of anilines is 1. The Kier molecular flexibility index (Phi) is 3.78. The van der Waals surface area contributed by atoms with E-state index in [9.17, 15) is 4.79 Å². The van der Waals surface area contributed by atoms with Gasteiger partial charge in [0, 0.05) is 34.5 Å². The predicted molar refractivity (Wildman–Crippen MR) is 92.4 cm³/mol. The quantitative estimate of drug-likeness (QED) is 0.763. The minimum absolute atomic E-state index is 0.0226. The molecular formula is C17H16N4O2S. The van der Waals surface area contributed by atoms with Gasteiger partial charge < -0.3 is 10.1 Å². The van der Waals surface area contributed by atoms with Gasteiger partial charge in [-0.2, -0.15) is 5.10 Å². The van der Waals surface area contributed by atoms with Crippen LogP contribution in [0, 0.1) is 0 Å². The Morgan fingerprint density at radius 2 is 2.17 bits per heavy atom. The van der Waals surface area contributed by atoms with Crippen molar-refractivity contribution in [2.45, 2.75) is 19.3 Å². The molecule has 1 amide bonds. The molecule has 6 nitrogen and oxygen atoms in total. The Balaban J connectivity index is 1.77. The fraction of sp³-hybridized carbons (Fsp3) is 0.235. The Labute approximate surface area is 142 Å². The molecule has 1 aliphatic heterocycles. The molecule has 1 aromatic carbocycles. The monoisotopic (exact) mass is 340 g/mol. The Bertz CT molecular complexity index is 855. The number of H-pyrrole nitrogens is 1. The van der Waals surface area contributed by atoms with Gasteiger partial charge in [0.1, 0.15) is 5.75 Å². The number of hydrogen-bond acceptors (Lipinski definition) is 5. The van der Waals surface area contributed by atoms with Crippen molar-refractivity contribution in [3.63, 3.8) is 0 Å². The minimum Gasteiger partial charge on any atom is -0.494 e. The van der Waals surface area contributed by atoms with Crippen LogP contribution in [0.1, 0.15) is 29.7 Å². The molecule has 4 rings (SSSR count). The summed E-state index contributed by atoms with van der Waals surface area (Å²) in [5.41, 5.74) is 4.74. The highest BCUT2D eigenvalue weighted by molar-refractivity contribution is 7.09. The van der Waals surface area contributed by atoms with Gasteiger partial charge in [0.15, 0.2) is 5.82 Å². The van der Waals surface area contributed by atoms with Gasteiger partial charge in [-0.3, -0.25) is 14.9 Å². The molecule has 0 bridgehead atoms. The fourth-order valence-corrected chi connectivity index (χ4v) is 3.73. The summed E-state index contributed by atoms with van der Waals surface area (Å²) in [5, 5.41) is 10.2. The standard InChI is InChI=1S/C17H16N4O2S/c1-2-23-11-5-3-10(4-6-11)16-15-12(13-8-18-9-24-13)7-14(22)19-17(15)21-20-16/h3-6,8-9,12H,2,7H2,1H3,(H2,19,20,21,22). The van der Waals surface area contributed by atoms with Crippen molar-refractivity contribution in [1.29, 1.82) is 0 Å². The van der Waals surface area contributed by atoms with Gasteiger partial charge >= 0.3 is 0 Å². The second-order valence-corrected chi connectivity index (χ2v) is 6.44. The molecule has 0 aliphatic carbocycles. The number of benzene rings is 1. The van der Waals surface area contributed by atoms with E-state index in [0.29, 0.717) is 18.8 Å². The van der Waals surface area contributed by atoms with Gasteiger partial charge in [-0.05, 0) is 31.2 Å². The van der Waals surface area contributed by atoms with Gasteiger partial charge in [-0.1, -0.05) is 0 Å². The molecule has 0 radical (unpaired) electrons. The van der Waals surface area contributed by atoms with Crippen LogP contribution in [0.3, 0.4) is 0 Å². The number of carbonyl (C=O) groups is 1. The van der Waals surface area contributed by atoms with Gasteiger partial charge in [-0.15, -0.1) is 11.3 Å². The SMILES string of the molecule is CCOc1ccc(-c2[nH]nc3c2C(c2cncs2)CC(=O)N3)cc1. The van der Waals surface area contributed by atoms with E-state index in [2.05, 4.69) is 20.5 Å². The first kappa shape index (κ1) is 14.9. The van der Waals surface area contributed by atoms with Crippen molar-refractivity contribution in [3.05, 3.63) is 46.4 Å². The van der Waals surface area contributed by atoms with Gasteiger partial charge in [-0.25, -0.2) is 0 Å². The van der Waals surface area contributed by atoms with Crippen molar-refractivity contribution in [3.8, 4) is 17.0 Å². The summed E-state index contributed by atoms with van der Waals surface area (Å²) >= 11 is 1.56. The smallest absolute Gasteiger partial charge is 0.226 e. The third-order valence-electron chi connectivity index (χ3n) is 4.05. The van der Waals surface area contributed by atoms with E-state index in [-0.39, 0.29) is 11.8 Å². The van der Waals surface area contributed by atoms with E-state index in [1.165, 1.54) is 0 Å². The maximum absolute atomic E-state index is 12.0. The molecule has 3 heterocycles. The number of rotatable bonds is 4. The van der Waals surface area contributed by atoms with Crippen LogP contribution < -0.4 is 10.1 Å². The summed E-state index contributed by atoms with van der Waals surface area (Å²) in [7, 11) is 0. The number of nitrogens with one attached hydrogen (secondary N) is 2. The molecule has 3 aromatic rings. The van der Waals surface area contributed by atoms with Crippen LogP contribution >= 0.6 is 11.3 Å². The number of fused-ring (bicyclic) bond motifs is 1. The molecule has 7 heteroatoms. The summed E-state index contributed by atoms with van der Waals surface area (Å²) in [6.07, 6.45) is 2.23. The molecule has 1 aliphatic rings. The van der Waals surface area contributed by atoms with Crippen molar-refractivity contribution in [1.82, 2.24) is 15.2 Å². The number of amides is 1. The number of thiazole rings is 1. The van der Waals surface area contributed by atoms with Crippen LogP contribution in [0.15, 0.2) is 36.0 Å². The molecule has 2 aromatic heterocycles. The number of nitrogens with zero attached hydrogens (tertiary/aromatic N) is 2. The number of ether oxygens (including phenoxy) is 1. The third-order valence-corrected chi connectivity index (χ3v) is 4.94. The van der Waals surface area contributed by atoms with Crippen LogP contribution in [-0.4, -0.2) is 27.7 Å². The zero-order valence-corrected chi connectivity index (χ0v) is 13.9. The molecule has 0 spiro atoms. The number of carbonyl (C=O) groups excluding carboxylic acids is 1. The molecule has 0 saturated heterocycles. The molecule has 1 atom stereocenters. The average molecular weight is 340 g/mol. The van der Waals surface area contributed by atoms with Crippen LogP contribution in [-0.2, 0) is 4.79 Å². The van der Waals surface area contributed by atoms with E-state index in [0.717, 1.165) is 27.4 Å². The molecule has 1 unspecified atom stereocenters. The van der Waals surface area contributed by atoms with Crippen LogP contribution in [0.25, 0.3) is 11.3 Å². The van der Waals surface area contributed by atoms with Crippen molar-refractivity contribution in [2.24, 2.45) is 0 Å². The summed E-state index contributed by atoms with van der Waals surface area (Å²) in [6, 6.07) is 7.88. The molecule has 0 fully saturated rings. The number of aromatic amines is 1. The Morgan fingerprint density at radius 1 is 1.33 bits per heavy atom. The predicted octanol–water partition coefficient (Wildman–Crippen LogP) is 3.41. The van der Waals surface area contributed by atoms with Gasteiger partial charge in [0.2, 0.25) is 5.91 Å². The minimum atomic E-state index is -0.0263. The highest BCUT2D eigenvalue weighted by Gasteiger charge is 2.32. The summed E-state index contributed by atoms with van der Waals surface area (Å²) in [5.74, 6) is 1.39. The third kappa shape index (κ3) is 2.56. The maximum Gasteiger partial charge on any atom is 0.226 e. The Hall–Kier alpha value is -2.67. The molecule has 122 valence electrons. The first-order valence-electron chi connectivity index (χ1n) is 7.76. The first-order chi connectivity index (χ1) is 11.8. The van der Waals surface area contributed by atoms with Crippen molar-refractivity contribution >= 4 is 23.1 Å². The van der Waals surface area contributed by atoms with Crippen molar-refractivity contribution in [2.75, 3.05) is 11.9 Å². The zero-order valence-electron chi connectivity index (χ0n) is 13.1. The van der Waals surface area contributed by atoms with E-state index in [4.69, 9.17) is 4.74 Å². The van der Waals surface area contributed by atoms with E-state index in [1.807, 2.05) is 37.4 Å². The van der Waals surface area contributed by atoms with Crippen LogP contribution in [0.5, 0.6) is 5.75 Å². The van der Waals surface area contributed by atoms with Gasteiger partial charge in [0.05, 0.1) is 17.8 Å². The molecule has 0 saturated carbocycles. The first-order valence-corrected chi connectivity index (χ1v) is 8.64. The summed E-state index contributed by atoms with van der Waals surface area (Å²) in [6.45, 7) is 2.60. The maximum atomic E-state index is 12.0. The lowest BCUT2D eigenvalue weighted by Crippen LogP contribution is -2.22. The highest BCUT2D eigenvalue weighted by Crippen LogP contribution is 2.42. The lowest BCUT2D eigenvalue weighted by atomic mass is 9.89. The van der Waals surface area contributed by atoms with Gasteiger partial charge in [0.25, 0.3) is 0 Å². The zero-order chi connectivity index (χ0) is 16.5. The number of hydrogen-bond donors (Lipinski definition) is 2. The van der Waals surface area contributed by atoms with E-state index < -0.39 is 0 Å². The topological polar surface area (TPSA) is 79.9 Å². The lowest BCUT2D eigenvalue weighted by molar-refractivity contribution is -0.116. The summed E-state index contributed by atoms with van der Waals surface area (Å²) < 4.78 is 5.50.